The summed E-state index contributed by atoms with van der Waals surface area (Å²) in [5, 5.41) is 4.54. The van der Waals surface area contributed by atoms with Gasteiger partial charge in [0.25, 0.3) is 0 Å². The quantitative estimate of drug-likeness (QED) is 0.783. The second-order valence-electron chi connectivity index (χ2n) is 3.75. The fraction of sp³-hybridized carbons (Fsp3) is 0. The Morgan fingerprint density at radius 2 is 1.59 bits per heavy atom. The number of urea groups is 1. The minimum atomic E-state index is -0.229. The van der Waals surface area contributed by atoms with E-state index in [9.17, 15) is 4.79 Å². The molecule has 1 aliphatic heterocycles. The number of anilines is 3. The Balaban J connectivity index is 2.10. The lowest BCUT2D eigenvalue weighted by Gasteiger charge is -2.31. The van der Waals surface area contributed by atoms with Crippen molar-refractivity contribution >= 4 is 23.1 Å². The number of rotatable bonds is 1. The number of nitrogens with zero attached hydrogens (tertiary/aromatic N) is 1. The van der Waals surface area contributed by atoms with E-state index < -0.39 is 0 Å². The van der Waals surface area contributed by atoms with Crippen molar-refractivity contribution in [1.29, 1.82) is 0 Å². The van der Waals surface area contributed by atoms with Crippen molar-refractivity contribution in [2.45, 2.75) is 0 Å². The molecule has 0 radical (unpaired) electrons. The Kier molecular flexibility index (Phi) is 2.19. The molecule has 3 rings (SSSR count). The Morgan fingerprint density at radius 3 is 2.41 bits per heavy atom. The third-order valence-corrected chi connectivity index (χ3v) is 2.62. The zero-order valence-electron chi connectivity index (χ0n) is 9.05. The molecule has 4 heteroatoms. The molecule has 0 unspecified atom stereocenters. The van der Waals surface area contributed by atoms with Gasteiger partial charge >= 0.3 is 6.03 Å². The monoisotopic (exact) mass is 225 g/mol. The second kappa shape index (κ2) is 3.83. The van der Waals surface area contributed by atoms with Crippen molar-refractivity contribution in [3.63, 3.8) is 0 Å². The first kappa shape index (κ1) is 9.72. The van der Waals surface area contributed by atoms with Crippen LogP contribution in [0, 0.1) is 0 Å². The molecule has 0 aromatic heterocycles. The molecule has 17 heavy (non-hydrogen) atoms. The maximum Gasteiger partial charge on any atom is 0.338 e. The van der Waals surface area contributed by atoms with Crippen molar-refractivity contribution in [3.05, 3.63) is 54.6 Å². The lowest BCUT2D eigenvalue weighted by Crippen LogP contribution is -2.45. The lowest BCUT2D eigenvalue weighted by molar-refractivity contribution is 0.251. The summed E-state index contributed by atoms with van der Waals surface area (Å²) < 4.78 is 0. The van der Waals surface area contributed by atoms with Crippen molar-refractivity contribution in [3.8, 4) is 0 Å². The van der Waals surface area contributed by atoms with Crippen molar-refractivity contribution < 1.29 is 4.79 Å². The van der Waals surface area contributed by atoms with E-state index >= 15 is 0 Å². The van der Waals surface area contributed by atoms with Gasteiger partial charge in [-0.25, -0.2) is 10.2 Å². The summed E-state index contributed by atoms with van der Waals surface area (Å²) in [6.45, 7) is 0. The van der Waals surface area contributed by atoms with Crippen LogP contribution in [-0.2, 0) is 0 Å². The Hall–Kier alpha value is -2.49. The highest BCUT2D eigenvalue weighted by Crippen LogP contribution is 2.32. The molecule has 1 heterocycles. The molecule has 2 N–H and O–H groups in total. The number of carbonyl (C=O) groups is 1. The number of benzene rings is 2. The summed E-state index contributed by atoms with van der Waals surface area (Å²) in [7, 11) is 0. The van der Waals surface area contributed by atoms with Crippen LogP contribution in [-0.4, -0.2) is 6.03 Å². The second-order valence-corrected chi connectivity index (χ2v) is 3.75. The summed E-state index contributed by atoms with van der Waals surface area (Å²) in [5.41, 5.74) is 5.43. The maximum atomic E-state index is 11.5. The van der Waals surface area contributed by atoms with Crippen molar-refractivity contribution in [1.82, 2.24) is 5.43 Å². The first-order valence-electron chi connectivity index (χ1n) is 5.36. The van der Waals surface area contributed by atoms with Gasteiger partial charge in [-0.1, -0.05) is 30.3 Å². The first-order valence-corrected chi connectivity index (χ1v) is 5.36. The van der Waals surface area contributed by atoms with E-state index in [4.69, 9.17) is 0 Å². The van der Waals surface area contributed by atoms with Gasteiger partial charge in [0.2, 0.25) is 0 Å². The highest BCUT2D eigenvalue weighted by molar-refractivity contribution is 5.99. The SMILES string of the molecule is O=C1Nc2ccccc2N(c2ccccc2)N1. The van der Waals surface area contributed by atoms with E-state index in [-0.39, 0.29) is 6.03 Å². The van der Waals surface area contributed by atoms with Crippen LogP contribution < -0.4 is 15.8 Å². The molecule has 4 nitrogen and oxygen atoms in total. The number of fused-ring (bicyclic) bond motifs is 1. The molecule has 0 spiro atoms. The number of hydrogen-bond acceptors (Lipinski definition) is 2. The summed E-state index contributed by atoms with van der Waals surface area (Å²) in [6, 6.07) is 17.1. The van der Waals surface area contributed by atoms with Crippen LogP contribution in [0.25, 0.3) is 0 Å². The number of nitrogens with one attached hydrogen (secondary N) is 2. The van der Waals surface area contributed by atoms with Gasteiger partial charge in [-0.15, -0.1) is 0 Å². The standard InChI is InChI=1S/C13H11N3O/c17-13-14-11-8-4-5-9-12(11)16(15-13)10-6-2-1-3-7-10/h1-9H,(H2,14,15,17). The molecule has 0 saturated heterocycles. The largest absolute Gasteiger partial charge is 0.338 e. The highest BCUT2D eigenvalue weighted by atomic mass is 16.2. The number of hydrazine groups is 1. The van der Waals surface area contributed by atoms with Gasteiger partial charge in [0, 0.05) is 0 Å². The average Bonchev–Trinajstić information content (AvgIpc) is 2.39. The zero-order chi connectivity index (χ0) is 11.7. The highest BCUT2D eigenvalue weighted by Gasteiger charge is 2.21. The summed E-state index contributed by atoms with van der Waals surface area (Å²) in [5.74, 6) is 0. The lowest BCUT2D eigenvalue weighted by atomic mass is 10.2. The van der Waals surface area contributed by atoms with Gasteiger partial charge in [-0.05, 0) is 24.3 Å². The third-order valence-electron chi connectivity index (χ3n) is 2.62. The molecule has 0 bridgehead atoms. The Morgan fingerprint density at radius 1 is 0.882 bits per heavy atom. The van der Waals surface area contributed by atoms with Gasteiger partial charge < -0.3 is 5.32 Å². The topological polar surface area (TPSA) is 44.4 Å². The van der Waals surface area contributed by atoms with E-state index in [1.54, 1.807) is 5.01 Å². The zero-order valence-corrected chi connectivity index (χ0v) is 9.05. The molecule has 2 aromatic carbocycles. The minimum absolute atomic E-state index is 0.229. The molecule has 0 aliphatic carbocycles. The molecule has 2 aromatic rings. The molecule has 84 valence electrons. The van der Waals surface area contributed by atoms with Gasteiger partial charge in [0.05, 0.1) is 17.1 Å². The number of hydrogen-bond donors (Lipinski definition) is 2. The van der Waals surface area contributed by atoms with Gasteiger partial charge in [0.1, 0.15) is 0 Å². The number of amides is 2. The van der Waals surface area contributed by atoms with E-state index in [1.807, 2.05) is 54.6 Å². The van der Waals surface area contributed by atoms with Crippen LogP contribution in [0.15, 0.2) is 54.6 Å². The van der Waals surface area contributed by atoms with Gasteiger partial charge in [-0.3, -0.25) is 5.01 Å². The predicted molar refractivity (Wildman–Crippen MR) is 67.2 cm³/mol. The van der Waals surface area contributed by atoms with Gasteiger partial charge in [0.15, 0.2) is 0 Å². The molecule has 0 saturated carbocycles. The normalized spacial score (nSPS) is 13.6. The predicted octanol–water partition coefficient (Wildman–Crippen LogP) is 2.87. The van der Waals surface area contributed by atoms with E-state index in [0.29, 0.717) is 0 Å². The summed E-state index contributed by atoms with van der Waals surface area (Å²) >= 11 is 0. The number of carbonyl (C=O) groups excluding carboxylic acids is 1. The van der Waals surface area contributed by atoms with E-state index in [0.717, 1.165) is 17.1 Å². The summed E-state index contributed by atoms with van der Waals surface area (Å²) in [6.07, 6.45) is 0. The van der Waals surface area contributed by atoms with Crippen LogP contribution in [0.5, 0.6) is 0 Å². The fourth-order valence-corrected chi connectivity index (χ4v) is 1.87. The average molecular weight is 225 g/mol. The molecular weight excluding hydrogens is 214 g/mol. The van der Waals surface area contributed by atoms with Crippen LogP contribution in [0.2, 0.25) is 0 Å². The smallest absolute Gasteiger partial charge is 0.304 e. The maximum absolute atomic E-state index is 11.5. The van der Waals surface area contributed by atoms with Crippen LogP contribution in [0.3, 0.4) is 0 Å². The molecule has 2 amide bonds. The van der Waals surface area contributed by atoms with Crippen LogP contribution in [0.4, 0.5) is 21.9 Å². The van der Waals surface area contributed by atoms with E-state index in [1.165, 1.54) is 0 Å². The number of para-hydroxylation sites is 3. The van der Waals surface area contributed by atoms with Crippen LogP contribution >= 0.6 is 0 Å². The molecule has 0 atom stereocenters. The van der Waals surface area contributed by atoms with E-state index in [2.05, 4.69) is 10.7 Å². The Bertz CT molecular complexity index is 554. The first-order chi connectivity index (χ1) is 8.34. The molecule has 0 fully saturated rings. The van der Waals surface area contributed by atoms with Crippen LogP contribution in [0.1, 0.15) is 0 Å². The fourth-order valence-electron chi connectivity index (χ4n) is 1.87. The summed E-state index contributed by atoms with van der Waals surface area (Å²) in [4.78, 5) is 11.5. The van der Waals surface area contributed by atoms with Gasteiger partial charge in [-0.2, -0.15) is 0 Å². The van der Waals surface area contributed by atoms with Crippen molar-refractivity contribution in [2.24, 2.45) is 0 Å². The minimum Gasteiger partial charge on any atom is -0.304 e. The molecular formula is C13H11N3O. The molecule has 1 aliphatic rings. The third kappa shape index (κ3) is 1.69. The van der Waals surface area contributed by atoms with Crippen molar-refractivity contribution in [2.75, 3.05) is 10.3 Å². The Labute approximate surface area is 98.8 Å².